The molecule has 2 aromatic carbocycles. The molecule has 0 N–H and O–H groups in total. The van der Waals surface area contributed by atoms with Gasteiger partial charge in [-0.15, -0.1) is 0 Å². The van der Waals surface area contributed by atoms with Gasteiger partial charge < -0.3 is 0 Å². The molecule has 3 heterocycles. The number of rotatable bonds is 2. The van der Waals surface area contributed by atoms with Gasteiger partial charge in [0.1, 0.15) is 24.3 Å². The van der Waals surface area contributed by atoms with Crippen LogP contribution >= 0.6 is 0 Å². The second-order valence-corrected chi connectivity index (χ2v) is 7.93. The molecule has 168 valence electrons. The Kier molecular flexibility index (Phi) is 5.19. The maximum Gasteiger partial charge on any atom is 0.184 e. The van der Waals surface area contributed by atoms with Crippen LogP contribution in [0.25, 0.3) is 0 Å². The molecule has 0 unspecified atom stereocenters. The summed E-state index contributed by atoms with van der Waals surface area (Å²) in [6.07, 6.45) is 0. The molecule has 36 heavy (non-hydrogen) atoms. The molecule has 0 atom stereocenters. The summed E-state index contributed by atoms with van der Waals surface area (Å²) in [7, 11) is 0. The summed E-state index contributed by atoms with van der Waals surface area (Å²) in [5.41, 5.74) is 2.68. The summed E-state index contributed by atoms with van der Waals surface area (Å²) in [6.45, 7) is 3.89. The molecule has 1 aliphatic rings. The lowest BCUT2D eigenvalue weighted by Crippen LogP contribution is -2.29. The van der Waals surface area contributed by atoms with Crippen molar-refractivity contribution >= 4 is 34.6 Å². The summed E-state index contributed by atoms with van der Waals surface area (Å²) in [5.74, 6) is 0.909. The van der Waals surface area contributed by atoms with Crippen LogP contribution in [0.4, 0.5) is 34.6 Å². The van der Waals surface area contributed by atoms with Crippen LogP contribution in [-0.4, -0.2) is 19.9 Å². The van der Waals surface area contributed by atoms with E-state index in [2.05, 4.69) is 19.9 Å². The fourth-order valence-corrected chi connectivity index (χ4v) is 3.82. The quantitative estimate of drug-likeness (QED) is 0.360. The number of hydrogen-bond acceptors (Lipinski definition) is 10. The SMILES string of the molecule is Cc1ccc(N2c3nc(C#N)c(C#N)nc3N(c3ccc(C)cc3)c3nc(C#N)c(C#N)nc32)cc1. The van der Waals surface area contributed by atoms with Crippen molar-refractivity contribution in [3.8, 4) is 24.3 Å². The molecule has 5 rings (SSSR count). The zero-order valence-corrected chi connectivity index (χ0v) is 19.1. The number of anilines is 6. The minimum atomic E-state index is -0.150. The normalized spacial score (nSPS) is 11.4. The van der Waals surface area contributed by atoms with Crippen LogP contribution in [0.15, 0.2) is 48.5 Å². The highest BCUT2D eigenvalue weighted by Crippen LogP contribution is 2.51. The molecular weight excluding hydrogens is 452 g/mol. The van der Waals surface area contributed by atoms with E-state index in [1.807, 2.05) is 86.7 Å². The minimum Gasteiger partial charge on any atom is -0.273 e. The number of nitriles is 4. The fraction of sp³-hybridized carbons (Fsp3) is 0.0769. The van der Waals surface area contributed by atoms with Crippen LogP contribution < -0.4 is 9.80 Å². The van der Waals surface area contributed by atoms with Gasteiger partial charge in [0.05, 0.1) is 0 Å². The fourth-order valence-electron chi connectivity index (χ4n) is 3.82. The monoisotopic (exact) mass is 466 g/mol. The van der Waals surface area contributed by atoms with Crippen molar-refractivity contribution in [2.45, 2.75) is 13.8 Å². The Balaban J connectivity index is 1.92. The molecular formula is C26H14N10. The lowest BCUT2D eigenvalue weighted by Gasteiger charge is -2.36. The third-order valence-corrected chi connectivity index (χ3v) is 5.57. The zero-order valence-electron chi connectivity index (χ0n) is 19.1. The second kappa shape index (κ2) is 8.50. The number of aromatic nitrogens is 4. The molecule has 0 spiro atoms. The van der Waals surface area contributed by atoms with E-state index in [-0.39, 0.29) is 46.0 Å². The first kappa shape index (κ1) is 22.0. The van der Waals surface area contributed by atoms with Gasteiger partial charge in [-0.1, -0.05) is 35.4 Å². The van der Waals surface area contributed by atoms with E-state index in [4.69, 9.17) is 0 Å². The van der Waals surface area contributed by atoms with Crippen LogP contribution in [-0.2, 0) is 0 Å². The number of benzene rings is 2. The predicted molar refractivity (Wildman–Crippen MR) is 129 cm³/mol. The van der Waals surface area contributed by atoms with Crippen molar-refractivity contribution in [1.29, 1.82) is 21.0 Å². The standard InChI is InChI=1S/C26H14N10/c1-15-3-7-17(8-4-15)35-23-25(33-21(13-29)19(11-27)31-23)36(18-9-5-16(2)6-10-18)26-24(35)32-20(12-28)22(14-30)34-26/h3-10H,1-2H3. The van der Waals surface area contributed by atoms with E-state index in [1.165, 1.54) is 0 Å². The van der Waals surface area contributed by atoms with Gasteiger partial charge in [-0.25, -0.2) is 19.9 Å². The number of aryl methyl sites for hydroxylation is 2. The summed E-state index contributed by atoms with van der Waals surface area (Å²) in [4.78, 5) is 21.2. The average molecular weight is 466 g/mol. The van der Waals surface area contributed by atoms with Gasteiger partial charge >= 0.3 is 0 Å². The van der Waals surface area contributed by atoms with Crippen molar-refractivity contribution in [2.75, 3.05) is 9.80 Å². The van der Waals surface area contributed by atoms with Crippen molar-refractivity contribution in [2.24, 2.45) is 0 Å². The number of fused-ring (bicyclic) bond motifs is 2. The Hall–Kier alpha value is -5.84. The lowest BCUT2D eigenvalue weighted by atomic mass is 10.1. The molecule has 10 nitrogen and oxygen atoms in total. The molecule has 0 saturated heterocycles. The largest absolute Gasteiger partial charge is 0.273 e. The van der Waals surface area contributed by atoms with Gasteiger partial charge in [0.15, 0.2) is 46.0 Å². The smallest absolute Gasteiger partial charge is 0.184 e. The third kappa shape index (κ3) is 3.40. The van der Waals surface area contributed by atoms with Crippen LogP contribution in [0.2, 0.25) is 0 Å². The molecule has 0 bridgehead atoms. The minimum absolute atomic E-state index is 0.150. The maximum absolute atomic E-state index is 9.66. The number of hydrogen-bond donors (Lipinski definition) is 0. The topological polar surface area (TPSA) is 153 Å². The first-order valence-corrected chi connectivity index (χ1v) is 10.7. The van der Waals surface area contributed by atoms with Crippen LogP contribution in [0.1, 0.15) is 33.9 Å². The predicted octanol–water partition coefficient (Wildman–Crippen LogP) is 4.62. The van der Waals surface area contributed by atoms with Crippen LogP contribution in [0.3, 0.4) is 0 Å². The van der Waals surface area contributed by atoms with E-state index < -0.39 is 0 Å². The maximum atomic E-state index is 9.66. The van der Waals surface area contributed by atoms with Crippen molar-refractivity contribution < 1.29 is 0 Å². The average Bonchev–Trinajstić information content (AvgIpc) is 2.91. The van der Waals surface area contributed by atoms with E-state index in [9.17, 15) is 21.0 Å². The Bertz CT molecular complexity index is 1480. The van der Waals surface area contributed by atoms with Gasteiger partial charge in [-0.3, -0.25) is 9.80 Å². The zero-order chi connectivity index (χ0) is 25.4. The number of nitrogens with zero attached hydrogens (tertiary/aromatic N) is 10. The van der Waals surface area contributed by atoms with Crippen molar-refractivity contribution in [1.82, 2.24) is 19.9 Å². The van der Waals surface area contributed by atoms with E-state index in [1.54, 1.807) is 9.80 Å². The van der Waals surface area contributed by atoms with Gasteiger partial charge in [0.25, 0.3) is 0 Å². The Morgan fingerprint density at radius 2 is 0.722 bits per heavy atom. The molecule has 1 aliphatic heterocycles. The van der Waals surface area contributed by atoms with E-state index in [0.29, 0.717) is 11.4 Å². The van der Waals surface area contributed by atoms with Crippen molar-refractivity contribution in [3.05, 3.63) is 82.4 Å². The Labute approximate surface area is 206 Å². The highest BCUT2D eigenvalue weighted by molar-refractivity contribution is 5.96. The molecule has 0 aliphatic carbocycles. The summed E-state index contributed by atoms with van der Waals surface area (Å²) in [5, 5.41) is 38.6. The van der Waals surface area contributed by atoms with E-state index >= 15 is 0 Å². The molecule has 2 aromatic heterocycles. The van der Waals surface area contributed by atoms with Gasteiger partial charge in [0, 0.05) is 11.4 Å². The van der Waals surface area contributed by atoms with Gasteiger partial charge in [0.2, 0.25) is 0 Å². The first-order valence-electron chi connectivity index (χ1n) is 10.7. The van der Waals surface area contributed by atoms with Crippen LogP contribution in [0, 0.1) is 59.2 Å². The van der Waals surface area contributed by atoms with Gasteiger partial charge in [-0.2, -0.15) is 21.0 Å². The summed E-state index contributed by atoms with van der Waals surface area (Å²) in [6, 6.07) is 22.6. The molecule has 4 aromatic rings. The van der Waals surface area contributed by atoms with Crippen molar-refractivity contribution in [3.63, 3.8) is 0 Å². The molecule has 0 saturated carbocycles. The highest BCUT2D eigenvalue weighted by Gasteiger charge is 2.37. The third-order valence-electron chi connectivity index (χ3n) is 5.57. The second-order valence-electron chi connectivity index (χ2n) is 7.93. The molecule has 10 heteroatoms. The molecule has 0 fully saturated rings. The lowest BCUT2D eigenvalue weighted by molar-refractivity contribution is 0.964. The van der Waals surface area contributed by atoms with Crippen LogP contribution in [0.5, 0.6) is 0 Å². The Morgan fingerprint density at radius 3 is 0.944 bits per heavy atom. The summed E-state index contributed by atoms with van der Waals surface area (Å²) >= 11 is 0. The molecule has 0 radical (unpaired) electrons. The summed E-state index contributed by atoms with van der Waals surface area (Å²) < 4.78 is 0. The Morgan fingerprint density at radius 1 is 0.472 bits per heavy atom. The van der Waals surface area contributed by atoms with Gasteiger partial charge in [-0.05, 0) is 38.1 Å². The highest BCUT2D eigenvalue weighted by atomic mass is 15.4. The first-order chi connectivity index (χ1) is 17.5. The van der Waals surface area contributed by atoms with E-state index in [0.717, 1.165) is 11.1 Å². The molecule has 0 amide bonds.